The maximum Gasteiger partial charge on any atom is 0.221 e. The van der Waals surface area contributed by atoms with E-state index in [9.17, 15) is 4.79 Å². The predicted molar refractivity (Wildman–Crippen MR) is 47.3 cm³/mol. The molecule has 2 atom stereocenters. The highest BCUT2D eigenvalue weighted by Gasteiger charge is 2.09. The lowest BCUT2D eigenvalue weighted by molar-refractivity contribution is -0.122. The van der Waals surface area contributed by atoms with E-state index in [-0.39, 0.29) is 11.9 Å². The van der Waals surface area contributed by atoms with Gasteiger partial charge < -0.3 is 5.32 Å². The van der Waals surface area contributed by atoms with Crippen molar-refractivity contribution in [3.05, 3.63) is 0 Å². The van der Waals surface area contributed by atoms with Crippen LogP contribution in [0.2, 0.25) is 0 Å². The SMILES string of the molecule is CCC(C)CC(=O)NC(C)C#N. The lowest BCUT2D eigenvalue weighted by Gasteiger charge is -2.09. The van der Waals surface area contributed by atoms with Gasteiger partial charge in [0.2, 0.25) is 5.91 Å². The molecule has 0 aliphatic carbocycles. The number of carbonyl (C=O) groups is 1. The van der Waals surface area contributed by atoms with Crippen LogP contribution in [0.1, 0.15) is 33.6 Å². The van der Waals surface area contributed by atoms with Gasteiger partial charge in [-0.3, -0.25) is 4.79 Å². The average molecular weight is 168 g/mol. The summed E-state index contributed by atoms with van der Waals surface area (Å²) in [6, 6.07) is 1.58. The van der Waals surface area contributed by atoms with Gasteiger partial charge in [0, 0.05) is 6.42 Å². The lowest BCUT2D eigenvalue weighted by atomic mass is 10.0. The molecule has 0 rings (SSSR count). The highest BCUT2D eigenvalue weighted by molar-refractivity contribution is 5.76. The van der Waals surface area contributed by atoms with Gasteiger partial charge in [-0.1, -0.05) is 20.3 Å². The molecule has 0 spiro atoms. The lowest BCUT2D eigenvalue weighted by Crippen LogP contribution is -2.32. The van der Waals surface area contributed by atoms with Crippen molar-refractivity contribution in [3.63, 3.8) is 0 Å². The number of nitriles is 1. The first-order chi connectivity index (χ1) is 5.60. The molecule has 0 heterocycles. The van der Waals surface area contributed by atoms with Gasteiger partial charge in [0.1, 0.15) is 6.04 Å². The molecule has 0 bridgehead atoms. The zero-order valence-electron chi connectivity index (χ0n) is 7.92. The molecule has 68 valence electrons. The third-order valence-corrected chi connectivity index (χ3v) is 1.80. The summed E-state index contributed by atoms with van der Waals surface area (Å²) in [6.45, 7) is 5.75. The largest absolute Gasteiger partial charge is 0.341 e. The second-order valence-electron chi connectivity index (χ2n) is 3.14. The molecule has 1 N–H and O–H groups in total. The number of hydrogen-bond donors (Lipinski definition) is 1. The van der Waals surface area contributed by atoms with E-state index in [0.29, 0.717) is 12.3 Å². The van der Waals surface area contributed by atoms with Crippen LogP contribution in [-0.4, -0.2) is 11.9 Å². The molecule has 1 amide bonds. The Morgan fingerprint density at radius 2 is 2.17 bits per heavy atom. The zero-order valence-corrected chi connectivity index (χ0v) is 7.92. The highest BCUT2D eigenvalue weighted by Crippen LogP contribution is 2.05. The van der Waals surface area contributed by atoms with Crippen molar-refractivity contribution in [1.29, 1.82) is 5.26 Å². The molecule has 3 nitrogen and oxygen atoms in total. The van der Waals surface area contributed by atoms with E-state index in [1.165, 1.54) is 0 Å². The standard InChI is InChI=1S/C9H16N2O/c1-4-7(2)5-9(12)11-8(3)6-10/h7-8H,4-5H2,1-3H3,(H,11,12). The number of carbonyl (C=O) groups excluding carboxylic acids is 1. The molecule has 0 aromatic heterocycles. The fraction of sp³-hybridized carbons (Fsp3) is 0.778. The van der Waals surface area contributed by atoms with Gasteiger partial charge in [0.15, 0.2) is 0 Å². The maximum absolute atomic E-state index is 11.1. The van der Waals surface area contributed by atoms with Crippen molar-refractivity contribution >= 4 is 5.91 Å². The summed E-state index contributed by atoms with van der Waals surface area (Å²) in [5.41, 5.74) is 0. The molecule has 3 heteroatoms. The first-order valence-corrected chi connectivity index (χ1v) is 4.29. The third-order valence-electron chi connectivity index (χ3n) is 1.80. The molecule has 0 radical (unpaired) electrons. The van der Waals surface area contributed by atoms with E-state index >= 15 is 0 Å². The number of rotatable bonds is 4. The van der Waals surface area contributed by atoms with Gasteiger partial charge >= 0.3 is 0 Å². The van der Waals surface area contributed by atoms with Crippen molar-refractivity contribution in [2.75, 3.05) is 0 Å². The minimum absolute atomic E-state index is 0.0293. The van der Waals surface area contributed by atoms with Crippen LogP contribution in [0.3, 0.4) is 0 Å². The Balaban J connectivity index is 3.68. The van der Waals surface area contributed by atoms with Crippen LogP contribution in [0.15, 0.2) is 0 Å². The van der Waals surface area contributed by atoms with Crippen LogP contribution >= 0.6 is 0 Å². The van der Waals surface area contributed by atoms with E-state index in [1.807, 2.05) is 19.9 Å². The van der Waals surface area contributed by atoms with E-state index in [2.05, 4.69) is 5.32 Å². The Morgan fingerprint density at radius 1 is 1.58 bits per heavy atom. The number of nitrogens with zero attached hydrogens (tertiary/aromatic N) is 1. The van der Waals surface area contributed by atoms with Gasteiger partial charge in [0.05, 0.1) is 6.07 Å². The molecule has 0 fully saturated rings. The second kappa shape index (κ2) is 5.59. The predicted octanol–water partition coefficient (Wildman–Crippen LogP) is 1.45. The summed E-state index contributed by atoms with van der Waals surface area (Å²) >= 11 is 0. The van der Waals surface area contributed by atoms with Crippen LogP contribution in [-0.2, 0) is 4.79 Å². The van der Waals surface area contributed by atoms with Crippen molar-refractivity contribution in [1.82, 2.24) is 5.32 Å². The molecule has 0 aliphatic heterocycles. The van der Waals surface area contributed by atoms with E-state index in [1.54, 1.807) is 6.92 Å². The minimum atomic E-state index is -0.374. The summed E-state index contributed by atoms with van der Waals surface area (Å²) in [5.74, 6) is 0.370. The number of nitrogens with one attached hydrogen (secondary N) is 1. The van der Waals surface area contributed by atoms with Gasteiger partial charge in [-0.2, -0.15) is 5.26 Å². The van der Waals surface area contributed by atoms with Gasteiger partial charge in [-0.25, -0.2) is 0 Å². The number of hydrogen-bond acceptors (Lipinski definition) is 2. The third kappa shape index (κ3) is 4.73. The Morgan fingerprint density at radius 3 is 2.58 bits per heavy atom. The molecular formula is C9H16N2O. The summed E-state index contributed by atoms with van der Waals surface area (Å²) in [5, 5.41) is 11.0. The molecule has 2 unspecified atom stereocenters. The molecule has 0 aromatic rings. The van der Waals surface area contributed by atoms with Crippen molar-refractivity contribution in [2.24, 2.45) is 5.92 Å². The second-order valence-corrected chi connectivity index (χ2v) is 3.14. The Hall–Kier alpha value is -1.04. The average Bonchev–Trinajstić information content (AvgIpc) is 2.03. The van der Waals surface area contributed by atoms with E-state index < -0.39 is 0 Å². The summed E-state index contributed by atoms with van der Waals surface area (Å²) in [6.07, 6.45) is 1.51. The van der Waals surface area contributed by atoms with E-state index in [0.717, 1.165) is 6.42 Å². The molecule has 0 aromatic carbocycles. The monoisotopic (exact) mass is 168 g/mol. The fourth-order valence-electron chi connectivity index (χ4n) is 0.794. The first kappa shape index (κ1) is 11.0. The number of amides is 1. The van der Waals surface area contributed by atoms with Crippen LogP contribution in [0.4, 0.5) is 0 Å². The Labute approximate surface area is 73.8 Å². The summed E-state index contributed by atoms with van der Waals surface area (Å²) in [4.78, 5) is 11.1. The fourth-order valence-corrected chi connectivity index (χ4v) is 0.794. The van der Waals surface area contributed by atoms with Crippen LogP contribution in [0.25, 0.3) is 0 Å². The van der Waals surface area contributed by atoms with E-state index in [4.69, 9.17) is 5.26 Å². The van der Waals surface area contributed by atoms with Crippen LogP contribution in [0.5, 0.6) is 0 Å². The highest BCUT2D eigenvalue weighted by atomic mass is 16.1. The quantitative estimate of drug-likeness (QED) is 0.690. The molecule has 0 saturated carbocycles. The Bertz CT molecular complexity index is 183. The summed E-state index contributed by atoms with van der Waals surface area (Å²) < 4.78 is 0. The molecular weight excluding hydrogens is 152 g/mol. The van der Waals surface area contributed by atoms with Crippen molar-refractivity contribution in [3.8, 4) is 6.07 Å². The topological polar surface area (TPSA) is 52.9 Å². The van der Waals surface area contributed by atoms with Gasteiger partial charge in [-0.05, 0) is 12.8 Å². The van der Waals surface area contributed by atoms with Gasteiger partial charge in [0.25, 0.3) is 0 Å². The molecule has 12 heavy (non-hydrogen) atoms. The summed E-state index contributed by atoms with van der Waals surface area (Å²) in [7, 11) is 0. The normalized spacial score (nSPS) is 14.5. The zero-order chi connectivity index (χ0) is 9.56. The minimum Gasteiger partial charge on any atom is -0.341 e. The van der Waals surface area contributed by atoms with Crippen LogP contribution in [0, 0.1) is 17.2 Å². The van der Waals surface area contributed by atoms with Crippen LogP contribution < -0.4 is 5.32 Å². The molecule has 0 aliphatic rings. The molecule has 0 saturated heterocycles. The van der Waals surface area contributed by atoms with Crippen molar-refractivity contribution < 1.29 is 4.79 Å². The smallest absolute Gasteiger partial charge is 0.221 e. The van der Waals surface area contributed by atoms with Gasteiger partial charge in [-0.15, -0.1) is 0 Å². The Kier molecular flexibility index (Phi) is 5.11. The van der Waals surface area contributed by atoms with Crippen molar-refractivity contribution in [2.45, 2.75) is 39.7 Å². The first-order valence-electron chi connectivity index (χ1n) is 4.29. The maximum atomic E-state index is 11.1.